The summed E-state index contributed by atoms with van der Waals surface area (Å²) in [5.41, 5.74) is 0.812. The van der Waals surface area contributed by atoms with Gasteiger partial charge in [0.25, 0.3) is 0 Å². The van der Waals surface area contributed by atoms with E-state index in [9.17, 15) is 4.79 Å². The molecule has 1 aliphatic rings. The van der Waals surface area contributed by atoms with Gasteiger partial charge in [0.1, 0.15) is 5.82 Å². The molecular formula is C18H21N5OS. The largest absolute Gasteiger partial charge is 0.310 e. The number of carbonyl (C=O) groups is 1. The second-order valence-electron chi connectivity index (χ2n) is 6.17. The maximum Gasteiger partial charge on any atom is 0.240 e. The summed E-state index contributed by atoms with van der Waals surface area (Å²) in [6.07, 6.45) is 2.63. The minimum atomic E-state index is -0.311. The minimum absolute atomic E-state index is 0.0255. The number of thioether (sulfide) groups is 1. The Hall–Kier alpha value is -2.33. The Morgan fingerprint density at radius 2 is 2.12 bits per heavy atom. The summed E-state index contributed by atoms with van der Waals surface area (Å²) in [5.74, 6) is 1.50. The summed E-state index contributed by atoms with van der Waals surface area (Å²) in [6.45, 7) is 2.26. The normalized spacial score (nSPS) is 14.8. The average Bonchev–Trinajstić information content (AvgIpc) is 3.41. The zero-order valence-electron chi connectivity index (χ0n) is 14.4. The van der Waals surface area contributed by atoms with Gasteiger partial charge in [-0.2, -0.15) is 5.26 Å². The van der Waals surface area contributed by atoms with Crippen LogP contribution in [0.3, 0.4) is 0 Å². The number of anilines is 1. The van der Waals surface area contributed by atoms with E-state index in [1.807, 2.05) is 48.9 Å². The quantitative estimate of drug-likeness (QED) is 0.713. The molecule has 2 aromatic rings. The molecular weight excluding hydrogens is 334 g/mol. The number of nitrogens with zero attached hydrogens (tertiary/aromatic N) is 5. The highest BCUT2D eigenvalue weighted by Crippen LogP contribution is 2.39. The van der Waals surface area contributed by atoms with E-state index in [1.165, 1.54) is 24.6 Å². The average molecular weight is 355 g/mol. The molecule has 25 heavy (non-hydrogen) atoms. The smallest absolute Gasteiger partial charge is 0.240 e. The molecule has 0 saturated heterocycles. The molecule has 1 aromatic carbocycles. The van der Waals surface area contributed by atoms with Crippen molar-refractivity contribution in [1.29, 1.82) is 5.26 Å². The second-order valence-corrected chi connectivity index (χ2v) is 7.48. The van der Waals surface area contributed by atoms with E-state index in [1.54, 1.807) is 4.90 Å². The highest BCUT2D eigenvalue weighted by atomic mass is 32.2. The van der Waals surface area contributed by atoms with Gasteiger partial charge in [-0.25, -0.2) is 0 Å². The van der Waals surface area contributed by atoms with Crippen LogP contribution in [-0.4, -0.2) is 32.5 Å². The van der Waals surface area contributed by atoms with Crippen LogP contribution in [0.25, 0.3) is 0 Å². The Kier molecular flexibility index (Phi) is 5.39. The third-order valence-corrected chi connectivity index (χ3v) is 5.34. The first kappa shape index (κ1) is 17.5. The first-order valence-electron chi connectivity index (χ1n) is 8.41. The summed E-state index contributed by atoms with van der Waals surface area (Å²) in [4.78, 5) is 14.6. The maximum atomic E-state index is 13.0. The molecule has 130 valence electrons. The topological polar surface area (TPSA) is 74.8 Å². The number of hydrogen-bond donors (Lipinski definition) is 0. The fourth-order valence-corrected chi connectivity index (χ4v) is 3.57. The third-order valence-electron chi connectivity index (χ3n) is 4.22. The summed E-state index contributed by atoms with van der Waals surface area (Å²) in [6, 6.07) is 11.6. The van der Waals surface area contributed by atoms with E-state index in [2.05, 4.69) is 16.3 Å². The van der Waals surface area contributed by atoms with Crippen LogP contribution in [0.15, 0.2) is 35.5 Å². The van der Waals surface area contributed by atoms with Crippen molar-refractivity contribution in [1.82, 2.24) is 14.8 Å². The van der Waals surface area contributed by atoms with Gasteiger partial charge in [0.2, 0.25) is 5.91 Å². The van der Waals surface area contributed by atoms with E-state index < -0.39 is 0 Å². The van der Waals surface area contributed by atoms with Gasteiger partial charge in [0.05, 0.1) is 17.7 Å². The molecule has 3 rings (SSSR count). The Morgan fingerprint density at radius 1 is 1.40 bits per heavy atom. The van der Waals surface area contributed by atoms with Crippen LogP contribution in [0.4, 0.5) is 5.69 Å². The van der Waals surface area contributed by atoms with Crippen molar-refractivity contribution in [2.24, 2.45) is 7.05 Å². The fourth-order valence-electron chi connectivity index (χ4n) is 2.69. The molecule has 1 heterocycles. The molecule has 0 spiro atoms. The van der Waals surface area contributed by atoms with Crippen molar-refractivity contribution in [3.8, 4) is 6.07 Å². The molecule has 0 radical (unpaired) electrons. The van der Waals surface area contributed by atoms with Crippen LogP contribution in [0.5, 0.6) is 0 Å². The Bertz CT molecular complexity index is 779. The maximum absolute atomic E-state index is 13.0. The molecule has 1 fully saturated rings. The molecule has 0 unspecified atom stereocenters. The van der Waals surface area contributed by atoms with Gasteiger partial charge in [0, 0.05) is 25.2 Å². The van der Waals surface area contributed by atoms with Crippen molar-refractivity contribution in [3.05, 3.63) is 36.2 Å². The summed E-state index contributed by atoms with van der Waals surface area (Å²) < 4.78 is 1.99. The van der Waals surface area contributed by atoms with Crippen LogP contribution >= 0.6 is 11.8 Å². The number of nitriles is 1. The standard InChI is InChI=1S/C18H21N5OS/c1-13(25-18-21-20-16(22(18)2)14-9-10-14)17(24)23(12-6-11-19)15-7-4-3-5-8-15/h3-5,7-8,13-14H,6,9-10,12H2,1-2H3/t13-/m1/s1. The highest BCUT2D eigenvalue weighted by Gasteiger charge is 2.30. The van der Waals surface area contributed by atoms with Gasteiger partial charge >= 0.3 is 0 Å². The van der Waals surface area contributed by atoms with Crippen LogP contribution in [0, 0.1) is 11.3 Å². The number of rotatable bonds is 7. The van der Waals surface area contributed by atoms with Gasteiger partial charge in [-0.1, -0.05) is 30.0 Å². The number of hydrogen-bond acceptors (Lipinski definition) is 5. The second kappa shape index (κ2) is 7.70. The summed E-state index contributed by atoms with van der Waals surface area (Å²) in [7, 11) is 1.96. The lowest BCUT2D eigenvalue weighted by Gasteiger charge is -2.24. The molecule has 1 aromatic heterocycles. The van der Waals surface area contributed by atoms with Gasteiger partial charge in [0.15, 0.2) is 5.16 Å². The first-order valence-corrected chi connectivity index (χ1v) is 9.29. The van der Waals surface area contributed by atoms with Gasteiger partial charge in [-0.05, 0) is 31.9 Å². The van der Waals surface area contributed by atoms with Crippen molar-refractivity contribution in [2.75, 3.05) is 11.4 Å². The SMILES string of the molecule is C[C@@H](Sc1nnc(C2CC2)n1C)C(=O)N(CCC#N)c1ccccc1. The molecule has 1 amide bonds. The number of benzene rings is 1. The van der Waals surface area contributed by atoms with Crippen LogP contribution in [0.2, 0.25) is 0 Å². The molecule has 0 bridgehead atoms. The van der Waals surface area contributed by atoms with E-state index in [-0.39, 0.29) is 11.2 Å². The Balaban J connectivity index is 1.73. The van der Waals surface area contributed by atoms with Gasteiger partial charge < -0.3 is 9.47 Å². The zero-order chi connectivity index (χ0) is 17.8. The van der Waals surface area contributed by atoms with E-state index >= 15 is 0 Å². The Morgan fingerprint density at radius 3 is 2.76 bits per heavy atom. The first-order chi connectivity index (χ1) is 12.1. The molecule has 1 atom stereocenters. The monoisotopic (exact) mass is 355 g/mol. The summed E-state index contributed by atoms with van der Waals surface area (Å²) in [5, 5.41) is 17.9. The van der Waals surface area contributed by atoms with E-state index in [0.717, 1.165) is 16.7 Å². The van der Waals surface area contributed by atoms with Crippen molar-refractivity contribution >= 4 is 23.4 Å². The van der Waals surface area contributed by atoms with Crippen LogP contribution in [0.1, 0.15) is 37.9 Å². The fraction of sp³-hybridized carbons (Fsp3) is 0.444. The minimum Gasteiger partial charge on any atom is -0.310 e. The van der Waals surface area contributed by atoms with E-state index in [4.69, 9.17) is 5.26 Å². The lowest BCUT2D eigenvalue weighted by atomic mass is 10.2. The Labute approximate surface area is 151 Å². The number of amides is 1. The van der Waals surface area contributed by atoms with Crippen molar-refractivity contribution < 1.29 is 4.79 Å². The van der Waals surface area contributed by atoms with E-state index in [0.29, 0.717) is 18.9 Å². The molecule has 7 heteroatoms. The molecule has 6 nitrogen and oxygen atoms in total. The molecule has 1 saturated carbocycles. The predicted octanol–water partition coefficient (Wildman–Crippen LogP) is 3.12. The predicted molar refractivity (Wildman–Crippen MR) is 97.3 cm³/mol. The molecule has 0 N–H and O–H groups in total. The zero-order valence-corrected chi connectivity index (χ0v) is 15.2. The van der Waals surface area contributed by atoms with Crippen molar-refractivity contribution in [3.63, 3.8) is 0 Å². The van der Waals surface area contributed by atoms with Crippen LogP contribution in [-0.2, 0) is 11.8 Å². The number of carbonyl (C=O) groups excluding carboxylic acids is 1. The number of para-hydroxylation sites is 1. The van der Waals surface area contributed by atoms with Gasteiger partial charge in [-0.3, -0.25) is 4.79 Å². The van der Waals surface area contributed by atoms with Gasteiger partial charge in [-0.15, -0.1) is 10.2 Å². The molecule has 1 aliphatic carbocycles. The highest BCUT2D eigenvalue weighted by molar-refractivity contribution is 8.00. The lowest BCUT2D eigenvalue weighted by molar-refractivity contribution is -0.117. The van der Waals surface area contributed by atoms with Crippen molar-refractivity contribution in [2.45, 2.75) is 42.5 Å². The summed E-state index contributed by atoms with van der Waals surface area (Å²) >= 11 is 1.42. The lowest BCUT2D eigenvalue weighted by Crippen LogP contribution is -2.37. The van der Waals surface area contributed by atoms with Crippen LogP contribution < -0.4 is 4.90 Å². The third kappa shape index (κ3) is 4.02. The molecule has 0 aliphatic heterocycles. The number of aromatic nitrogens is 3.